The zero-order valence-electron chi connectivity index (χ0n) is 12.0. The van der Waals surface area contributed by atoms with Crippen molar-refractivity contribution in [3.8, 4) is 0 Å². The molecule has 3 heteroatoms. The second-order valence-corrected chi connectivity index (χ2v) is 5.55. The Morgan fingerprint density at radius 2 is 1.75 bits per heavy atom. The minimum Gasteiger partial charge on any atom is -0.368 e. The van der Waals surface area contributed by atoms with Gasteiger partial charge in [0.25, 0.3) is 0 Å². The van der Waals surface area contributed by atoms with Crippen molar-refractivity contribution in [2.24, 2.45) is 5.10 Å². The summed E-state index contributed by atoms with van der Waals surface area (Å²) in [5.41, 5.74) is 2.74. The summed E-state index contributed by atoms with van der Waals surface area (Å²) in [6, 6.07) is 10.7. The molecule has 0 N–H and O–H groups in total. The second-order valence-electron chi connectivity index (χ2n) is 5.55. The Morgan fingerprint density at radius 3 is 2.45 bits per heavy atom. The molecule has 0 atom stereocenters. The molecule has 1 fully saturated rings. The summed E-state index contributed by atoms with van der Waals surface area (Å²) < 4.78 is 0. The van der Waals surface area contributed by atoms with Gasteiger partial charge in [-0.05, 0) is 43.4 Å². The van der Waals surface area contributed by atoms with Gasteiger partial charge in [-0.15, -0.1) is 0 Å². The van der Waals surface area contributed by atoms with Crippen molar-refractivity contribution in [3.63, 3.8) is 0 Å². The van der Waals surface area contributed by atoms with E-state index in [2.05, 4.69) is 57.6 Å². The predicted molar refractivity (Wildman–Crippen MR) is 85.3 cm³/mol. The van der Waals surface area contributed by atoms with Crippen LogP contribution in [0.4, 0.5) is 5.69 Å². The molecule has 0 aromatic heterocycles. The van der Waals surface area contributed by atoms with Crippen molar-refractivity contribution in [1.29, 1.82) is 0 Å². The fraction of sp³-hybridized carbons (Fsp3) is 0.471. The van der Waals surface area contributed by atoms with Gasteiger partial charge in [-0.3, -0.25) is 5.01 Å². The molecule has 1 aromatic carbocycles. The summed E-state index contributed by atoms with van der Waals surface area (Å²) in [6.45, 7) is 4.14. The predicted octanol–water partition coefficient (Wildman–Crippen LogP) is 3.29. The molecular weight excluding hydrogens is 246 g/mol. The van der Waals surface area contributed by atoms with Crippen LogP contribution in [0.15, 0.2) is 47.1 Å². The maximum absolute atomic E-state index is 4.65. The van der Waals surface area contributed by atoms with E-state index in [1.165, 1.54) is 36.9 Å². The van der Waals surface area contributed by atoms with Gasteiger partial charge in [-0.25, -0.2) is 0 Å². The second kappa shape index (κ2) is 6.60. The summed E-state index contributed by atoms with van der Waals surface area (Å²) >= 11 is 0. The van der Waals surface area contributed by atoms with Gasteiger partial charge in [0.2, 0.25) is 0 Å². The third-order valence-electron chi connectivity index (χ3n) is 4.09. The highest BCUT2D eigenvalue weighted by atomic mass is 15.5. The Hall–Kier alpha value is -1.77. The van der Waals surface area contributed by atoms with Crippen molar-refractivity contribution in [2.45, 2.75) is 25.7 Å². The van der Waals surface area contributed by atoms with Gasteiger partial charge in [0.15, 0.2) is 0 Å². The topological polar surface area (TPSA) is 18.8 Å². The molecule has 0 bridgehead atoms. The van der Waals surface area contributed by atoms with Crippen LogP contribution < -0.4 is 4.90 Å². The minimum atomic E-state index is 1.01. The number of piperazine rings is 1. The Balaban J connectivity index is 1.51. The van der Waals surface area contributed by atoms with Crippen molar-refractivity contribution in [2.75, 3.05) is 31.1 Å². The fourth-order valence-electron chi connectivity index (χ4n) is 2.84. The average Bonchev–Trinajstić information content (AvgIpc) is 2.55. The highest BCUT2D eigenvalue weighted by Gasteiger charge is 2.15. The Morgan fingerprint density at radius 1 is 0.950 bits per heavy atom. The highest BCUT2D eigenvalue weighted by Crippen LogP contribution is 2.17. The number of para-hydroxylation sites is 1. The van der Waals surface area contributed by atoms with Crippen molar-refractivity contribution in [1.82, 2.24) is 5.01 Å². The Bertz CT molecular complexity index is 470. The third-order valence-corrected chi connectivity index (χ3v) is 4.09. The molecule has 0 amide bonds. The lowest BCUT2D eigenvalue weighted by molar-refractivity contribution is 0.272. The Labute approximate surface area is 121 Å². The normalized spacial score (nSPS) is 20.3. The third kappa shape index (κ3) is 3.41. The first-order valence-corrected chi connectivity index (χ1v) is 7.70. The fourth-order valence-corrected chi connectivity index (χ4v) is 2.84. The molecule has 1 heterocycles. The zero-order valence-corrected chi connectivity index (χ0v) is 12.0. The summed E-state index contributed by atoms with van der Waals surface area (Å²) in [5.74, 6) is 0. The van der Waals surface area contributed by atoms with Gasteiger partial charge in [-0.1, -0.05) is 24.3 Å². The van der Waals surface area contributed by atoms with Crippen LogP contribution in [0.2, 0.25) is 0 Å². The van der Waals surface area contributed by atoms with Gasteiger partial charge in [0.1, 0.15) is 0 Å². The molecule has 106 valence electrons. The van der Waals surface area contributed by atoms with Crippen LogP contribution in [0.25, 0.3) is 0 Å². The zero-order chi connectivity index (χ0) is 13.6. The van der Waals surface area contributed by atoms with Crippen molar-refractivity contribution >= 4 is 11.9 Å². The lowest BCUT2D eigenvalue weighted by Gasteiger charge is -2.34. The molecular formula is C17H23N3. The molecule has 2 aliphatic rings. The molecule has 3 nitrogen and oxygen atoms in total. The first kappa shape index (κ1) is 13.2. The number of nitrogens with zero attached hydrogens (tertiary/aromatic N) is 3. The van der Waals surface area contributed by atoms with Crippen molar-refractivity contribution < 1.29 is 0 Å². The summed E-state index contributed by atoms with van der Waals surface area (Å²) in [6.07, 6.45) is 9.51. The number of rotatable bonds is 3. The lowest BCUT2D eigenvalue weighted by atomic mass is 10.0. The van der Waals surface area contributed by atoms with Crippen LogP contribution >= 0.6 is 0 Å². The smallest absolute Gasteiger partial charge is 0.0536 e. The van der Waals surface area contributed by atoms with Crippen LogP contribution in [-0.4, -0.2) is 37.4 Å². The molecule has 1 saturated heterocycles. The van der Waals surface area contributed by atoms with Gasteiger partial charge in [0.05, 0.1) is 13.1 Å². The quantitative estimate of drug-likeness (QED) is 0.784. The standard InChI is InChI=1S/C17H23N3/c1-3-7-16(8-4-1)15-18-20-13-11-19(12-14-20)17-9-5-2-6-10-17/h2,5-7,9-10,15H,1,3-4,8,11-14H2/b18-15+. The molecule has 0 saturated carbocycles. The maximum atomic E-state index is 4.65. The van der Waals surface area contributed by atoms with E-state index in [0.717, 1.165) is 26.2 Å². The minimum absolute atomic E-state index is 1.01. The van der Waals surface area contributed by atoms with E-state index in [9.17, 15) is 0 Å². The van der Waals surface area contributed by atoms with Crippen LogP contribution in [0.3, 0.4) is 0 Å². The van der Waals surface area contributed by atoms with Gasteiger partial charge < -0.3 is 4.90 Å². The molecule has 1 aliphatic heterocycles. The summed E-state index contributed by atoms with van der Waals surface area (Å²) in [7, 11) is 0. The van der Waals surface area contributed by atoms with Crippen LogP contribution in [-0.2, 0) is 0 Å². The highest BCUT2D eigenvalue weighted by molar-refractivity contribution is 5.78. The van der Waals surface area contributed by atoms with E-state index in [4.69, 9.17) is 0 Å². The number of hydrazone groups is 1. The molecule has 1 aliphatic carbocycles. The maximum Gasteiger partial charge on any atom is 0.0536 e. The van der Waals surface area contributed by atoms with Gasteiger partial charge in [0, 0.05) is 25.0 Å². The molecule has 0 spiro atoms. The number of hydrogen-bond donors (Lipinski definition) is 0. The van der Waals surface area contributed by atoms with Crippen LogP contribution in [0.1, 0.15) is 25.7 Å². The molecule has 0 radical (unpaired) electrons. The first-order chi connectivity index (χ1) is 9.92. The number of benzene rings is 1. The number of anilines is 1. The van der Waals surface area contributed by atoms with Crippen LogP contribution in [0, 0.1) is 0 Å². The average molecular weight is 269 g/mol. The largest absolute Gasteiger partial charge is 0.368 e. The number of allylic oxidation sites excluding steroid dienone is 2. The van der Waals surface area contributed by atoms with Crippen LogP contribution in [0.5, 0.6) is 0 Å². The van der Waals surface area contributed by atoms with E-state index < -0.39 is 0 Å². The number of hydrogen-bond acceptors (Lipinski definition) is 3. The molecule has 1 aromatic rings. The van der Waals surface area contributed by atoms with E-state index in [1.54, 1.807) is 0 Å². The van der Waals surface area contributed by atoms with E-state index in [1.807, 2.05) is 0 Å². The summed E-state index contributed by atoms with van der Waals surface area (Å²) in [5, 5.41) is 6.85. The van der Waals surface area contributed by atoms with Gasteiger partial charge in [-0.2, -0.15) is 5.10 Å². The summed E-state index contributed by atoms with van der Waals surface area (Å²) in [4.78, 5) is 2.44. The molecule has 0 unspecified atom stereocenters. The first-order valence-electron chi connectivity index (χ1n) is 7.70. The molecule has 3 rings (SSSR count). The van der Waals surface area contributed by atoms with E-state index >= 15 is 0 Å². The van der Waals surface area contributed by atoms with E-state index in [0.29, 0.717) is 0 Å². The monoisotopic (exact) mass is 269 g/mol. The van der Waals surface area contributed by atoms with Crippen molar-refractivity contribution in [3.05, 3.63) is 42.0 Å². The molecule has 20 heavy (non-hydrogen) atoms. The van der Waals surface area contributed by atoms with E-state index in [-0.39, 0.29) is 0 Å². The Kier molecular flexibility index (Phi) is 4.36. The SMILES string of the molecule is C1=C(/C=N/N2CCN(c3ccccc3)CC2)CCCC1. The van der Waals surface area contributed by atoms with Gasteiger partial charge >= 0.3 is 0 Å². The lowest BCUT2D eigenvalue weighted by Crippen LogP contribution is -2.44.